The van der Waals surface area contributed by atoms with Gasteiger partial charge in [0.05, 0.1) is 30.7 Å². The van der Waals surface area contributed by atoms with Crippen LogP contribution in [0, 0.1) is 6.92 Å². The molecule has 0 spiro atoms. The Morgan fingerprint density at radius 1 is 1.36 bits per heavy atom. The molecule has 0 aliphatic rings. The number of pyridine rings is 1. The predicted octanol–water partition coefficient (Wildman–Crippen LogP) is 1.73. The van der Waals surface area contributed by atoms with Crippen molar-refractivity contribution in [1.29, 1.82) is 0 Å². The maximum Gasteiger partial charge on any atom is 0.255 e. The van der Waals surface area contributed by atoms with E-state index in [-0.39, 0.29) is 19.1 Å². The molecule has 2 aromatic heterocycles. The minimum Gasteiger partial charge on any atom is -0.463 e. The minimum absolute atomic E-state index is 0.0909. The van der Waals surface area contributed by atoms with Gasteiger partial charge in [0.25, 0.3) is 5.91 Å². The van der Waals surface area contributed by atoms with Crippen LogP contribution >= 0.6 is 0 Å². The molecule has 118 valence electrons. The Balaban J connectivity index is 2.21. The topological polar surface area (TPSA) is 75.8 Å². The summed E-state index contributed by atoms with van der Waals surface area (Å²) in [6, 6.07) is 7.10. The number of methoxy groups -OCH3 is 1. The third kappa shape index (κ3) is 3.72. The van der Waals surface area contributed by atoms with Crippen LogP contribution in [0.2, 0.25) is 0 Å². The van der Waals surface area contributed by atoms with Gasteiger partial charge in [-0.15, -0.1) is 0 Å². The van der Waals surface area contributed by atoms with Crippen molar-refractivity contribution in [3.8, 4) is 11.5 Å². The van der Waals surface area contributed by atoms with E-state index < -0.39 is 0 Å². The molecule has 0 saturated carbocycles. The van der Waals surface area contributed by atoms with Crippen molar-refractivity contribution in [2.75, 3.05) is 33.4 Å². The van der Waals surface area contributed by atoms with E-state index in [1.165, 1.54) is 0 Å². The van der Waals surface area contributed by atoms with Crippen LogP contribution in [0.5, 0.6) is 0 Å². The van der Waals surface area contributed by atoms with Crippen LogP contribution in [0.25, 0.3) is 11.5 Å². The molecule has 6 nitrogen and oxygen atoms in total. The van der Waals surface area contributed by atoms with Crippen LogP contribution in [0.4, 0.5) is 0 Å². The molecule has 0 fully saturated rings. The van der Waals surface area contributed by atoms with Crippen LogP contribution in [-0.4, -0.2) is 54.3 Å². The predicted molar refractivity (Wildman–Crippen MR) is 81.5 cm³/mol. The summed E-state index contributed by atoms with van der Waals surface area (Å²) >= 11 is 0. The first-order valence-corrected chi connectivity index (χ1v) is 7.08. The number of rotatable bonds is 7. The fourth-order valence-corrected chi connectivity index (χ4v) is 2.16. The molecule has 2 heterocycles. The molecule has 0 unspecified atom stereocenters. The van der Waals surface area contributed by atoms with Crippen molar-refractivity contribution < 1.29 is 19.1 Å². The van der Waals surface area contributed by atoms with E-state index in [0.717, 1.165) is 0 Å². The number of nitrogens with zero attached hydrogens (tertiary/aromatic N) is 2. The Morgan fingerprint density at radius 2 is 2.18 bits per heavy atom. The van der Waals surface area contributed by atoms with E-state index in [1.54, 1.807) is 43.4 Å². The number of ether oxygens (including phenoxy) is 1. The van der Waals surface area contributed by atoms with Gasteiger partial charge in [-0.25, -0.2) is 4.98 Å². The Hall–Kier alpha value is -2.18. The van der Waals surface area contributed by atoms with E-state index in [2.05, 4.69) is 4.98 Å². The van der Waals surface area contributed by atoms with Crippen LogP contribution in [0.1, 0.15) is 16.1 Å². The first-order valence-electron chi connectivity index (χ1n) is 7.08. The van der Waals surface area contributed by atoms with Gasteiger partial charge < -0.3 is 19.2 Å². The van der Waals surface area contributed by atoms with Crippen LogP contribution in [0.15, 0.2) is 34.9 Å². The van der Waals surface area contributed by atoms with Gasteiger partial charge in [-0.2, -0.15) is 0 Å². The van der Waals surface area contributed by atoms with Crippen LogP contribution < -0.4 is 0 Å². The fourth-order valence-electron chi connectivity index (χ4n) is 2.16. The molecule has 2 rings (SSSR count). The maximum absolute atomic E-state index is 12.6. The summed E-state index contributed by atoms with van der Waals surface area (Å²) in [5.41, 5.74) is 1.82. The van der Waals surface area contributed by atoms with Gasteiger partial charge in [0.15, 0.2) is 5.76 Å². The van der Waals surface area contributed by atoms with Gasteiger partial charge >= 0.3 is 0 Å². The number of aliphatic hydroxyl groups is 1. The normalized spacial score (nSPS) is 10.7. The lowest BCUT2D eigenvalue weighted by atomic mass is 10.1. The van der Waals surface area contributed by atoms with Gasteiger partial charge in [0.1, 0.15) is 5.69 Å². The monoisotopic (exact) mass is 304 g/mol. The third-order valence-corrected chi connectivity index (χ3v) is 3.31. The number of carbonyl (C=O) groups is 1. The number of carbonyl (C=O) groups excluding carboxylic acids is 1. The Bertz CT molecular complexity index is 611. The minimum atomic E-state index is -0.165. The average Bonchev–Trinajstić information content (AvgIpc) is 3.05. The summed E-state index contributed by atoms with van der Waals surface area (Å²) in [6.45, 7) is 2.80. The van der Waals surface area contributed by atoms with Crippen molar-refractivity contribution in [2.24, 2.45) is 0 Å². The van der Waals surface area contributed by atoms with Crippen molar-refractivity contribution >= 4 is 5.91 Å². The molecule has 0 aliphatic carbocycles. The largest absolute Gasteiger partial charge is 0.463 e. The maximum atomic E-state index is 12.6. The summed E-state index contributed by atoms with van der Waals surface area (Å²) in [5.74, 6) is 0.496. The van der Waals surface area contributed by atoms with E-state index in [1.807, 2.05) is 6.07 Å². The average molecular weight is 304 g/mol. The smallest absolute Gasteiger partial charge is 0.255 e. The molecule has 22 heavy (non-hydrogen) atoms. The van der Waals surface area contributed by atoms with Crippen LogP contribution in [0.3, 0.4) is 0 Å². The number of hydrogen-bond donors (Lipinski definition) is 1. The second kappa shape index (κ2) is 7.72. The first kappa shape index (κ1) is 16.2. The molecular weight excluding hydrogens is 284 g/mol. The van der Waals surface area contributed by atoms with E-state index in [0.29, 0.717) is 35.9 Å². The van der Waals surface area contributed by atoms with Crippen molar-refractivity contribution in [3.63, 3.8) is 0 Å². The quantitative estimate of drug-likeness (QED) is 0.843. The molecule has 2 aromatic rings. The zero-order chi connectivity index (χ0) is 15.9. The summed E-state index contributed by atoms with van der Waals surface area (Å²) < 4.78 is 10.3. The highest BCUT2D eigenvalue weighted by atomic mass is 16.5. The molecular formula is C16H20N2O4. The molecule has 6 heteroatoms. The first-order chi connectivity index (χ1) is 10.7. The second-order valence-corrected chi connectivity index (χ2v) is 4.82. The third-order valence-electron chi connectivity index (χ3n) is 3.31. The fraction of sp³-hybridized carbons (Fsp3) is 0.375. The van der Waals surface area contributed by atoms with Crippen LogP contribution in [-0.2, 0) is 4.74 Å². The highest BCUT2D eigenvalue weighted by Crippen LogP contribution is 2.20. The molecule has 1 N–H and O–H groups in total. The lowest BCUT2D eigenvalue weighted by Gasteiger charge is -2.22. The zero-order valence-corrected chi connectivity index (χ0v) is 12.8. The summed E-state index contributed by atoms with van der Waals surface area (Å²) in [6.07, 6.45) is 1.58. The van der Waals surface area contributed by atoms with Gasteiger partial charge in [-0.3, -0.25) is 4.79 Å². The Kier molecular flexibility index (Phi) is 5.68. The Morgan fingerprint density at radius 3 is 2.77 bits per heavy atom. The molecule has 0 aromatic carbocycles. The standard InChI is InChI=1S/C16H20N2O4/c1-12-13(16(20)18(7-9-19)8-11-21-2)5-6-14(17-12)15-4-3-10-22-15/h3-6,10,19H,7-9,11H2,1-2H3. The summed E-state index contributed by atoms with van der Waals surface area (Å²) in [5, 5.41) is 9.11. The lowest BCUT2D eigenvalue weighted by molar-refractivity contribution is 0.0655. The summed E-state index contributed by atoms with van der Waals surface area (Å²) in [7, 11) is 1.58. The highest BCUT2D eigenvalue weighted by Gasteiger charge is 2.18. The number of furan rings is 1. The van der Waals surface area contributed by atoms with Crippen molar-refractivity contribution in [3.05, 3.63) is 41.8 Å². The zero-order valence-electron chi connectivity index (χ0n) is 12.8. The molecule has 0 radical (unpaired) electrons. The van der Waals surface area contributed by atoms with Gasteiger partial charge in [0, 0.05) is 20.2 Å². The SMILES string of the molecule is COCCN(CCO)C(=O)c1ccc(-c2ccco2)nc1C. The number of amides is 1. The second-order valence-electron chi connectivity index (χ2n) is 4.82. The number of aliphatic hydroxyl groups excluding tert-OH is 1. The van der Waals surface area contributed by atoms with Gasteiger partial charge in [-0.1, -0.05) is 0 Å². The van der Waals surface area contributed by atoms with E-state index >= 15 is 0 Å². The molecule has 0 bridgehead atoms. The van der Waals surface area contributed by atoms with Crippen molar-refractivity contribution in [1.82, 2.24) is 9.88 Å². The molecule has 0 saturated heterocycles. The lowest BCUT2D eigenvalue weighted by Crippen LogP contribution is -2.36. The molecule has 1 amide bonds. The van der Waals surface area contributed by atoms with Crippen molar-refractivity contribution in [2.45, 2.75) is 6.92 Å². The number of hydrogen-bond acceptors (Lipinski definition) is 5. The summed E-state index contributed by atoms with van der Waals surface area (Å²) in [4.78, 5) is 18.5. The number of aryl methyl sites for hydroxylation is 1. The van der Waals surface area contributed by atoms with Gasteiger partial charge in [-0.05, 0) is 31.2 Å². The van der Waals surface area contributed by atoms with Gasteiger partial charge in [0.2, 0.25) is 0 Å². The Labute approximate surface area is 129 Å². The van der Waals surface area contributed by atoms with E-state index in [4.69, 9.17) is 14.3 Å². The van der Waals surface area contributed by atoms with E-state index in [9.17, 15) is 4.79 Å². The highest BCUT2D eigenvalue weighted by molar-refractivity contribution is 5.95. The number of aromatic nitrogens is 1. The molecule has 0 aliphatic heterocycles. The molecule has 0 atom stereocenters.